The maximum absolute atomic E-state index is 12.5. The van der Waals surface area contributed by atoms with Crippen LogP contribution in [0.5, 0.6) is 0 Å². The molecule has 0 radical (unpaired) electrons. The number of nitrogens with zero attached hydrogens (tertiary/aromatic N) is 3. The molecule has 0 aliphatic heterocycles. The van der Waals surface area contributed by atoms with Gasteiger partial charge in [-0.05, 0) is 53.2 Å². The largest absolute Gasteiger partial charge is 0.344 e. The molecule has 0 fully saturated rings. The zero-order valence-electron chi connectivity index (χ0n) is 25.0. The molecule has 0 saturated carbocycles. The summed E-state index contributed by atoms with van der Waals surface area (Å²) in [4.78, 5) is 20.0. The fourth-order valence-electron chi connectivity index (χ4n) is 7.02. The second-order valence-electron chi connectivity index (χ2n) is 11.6. The van der Waals surface area contributed by atoms with Gasteiger partial charge in [0.05, 0.1) is 27.1 Å². The first-order valence-electron chi connectivity index (χ1n) is 15.3. The molecule has 3 heterocycles. The van der Waals surface area contributed by atoms with Gasteiger partial charge in [-0.1, -0.05) is 97.1 Å². The van der Waals surface area contributed by atoms with Gasteiger partial charge in [0.2, 0.25) is 0 Å². The molecule has 0 bridgehead atoms. The van der Waals surface area contributed by atoms with E-state index < -0.39 is 0 Å². The molecule has 0 aliphatic carbocycles. The van der Waals surface area contributed by atoms with Crippen LogP contribution in [0.25, 0.3) is 69.8 Å². The lowest BCUT2D eigenvalue weighted by molar-refractivity contribution is 0.112. The Labute approximate surface area is 269 Å². The van der Waals surface area contributed by atoms with Crippen LogP contribution in [-0.4, -0.2) is 22.9 Å². The number of carbonyl (C=O) groups excluding carboxylic acids is 1. The van der Waals surface area contributed by atoms with E-state index in [1.807, 2.05) is 53.8 Å². The maximum atomic E-state index is 12.5. The SMILES string of the molecule is CN(c1ccccc1)c1ccccc1-c1nc(-n2c3ccccc3c3c4ccccc4c4c5ccccc5sc4c32)ccc1C=O. The van der Waals surface area contributed by atoms with Gasteiger partial charge in [-0.3, -0.25) is 9.36 Å². The first kappa shape index (κ1) is 26.6. The number of para-hydroxylation sites is 3. The molecule has 4 nitrogen and oxygen atoms in total. The third-order valence-electron chi connectivity index (χ3n) is 9.08. The normalized spacial score (nSPS) is 11.7. The molecular weight excluding hydrogens is 583 g/mol. The van der Waals surface area contributed by atoms with E-state index in [0.717, 1.165) is 40.1 Å². The highest BCUT2D eigenvalue weighted by Gasteiger charge is 2.23. The fourth-order valence-corrected chi connectivity index (χ4v) is 8.27. The zero-order chi connectivity index (χ0) is 30.8. The standard InChI is InChI=1S/C41H27N3OS/c1-43(27-13-3-2-4-14-27)33-20-10-8-18-31(33)39-26(25-45)23-24-36(42-39)44-34-21-11-7-17-30(34)37-28-15-5-6-16-29(28)38-32-19-9-12-22-35(32)46-41(38)40(37)44/h2-25H,1H3. The molecule has 5 heteroatoms. The van der Waals surface area contributed by atoms with Gasteiger partial charge in [-0.2, -0.15) is 0 Å². The van der Waals surface area contributed by atoms with E-state index in [2.05, 4.69) is 114 Å². The zero-order valence-corrected chi connectivity index (χ0v) is 25.8. The number of rotatable bonds is 5. The van der Waals surface area contributed by atoms with Crippen molar-refractivity contribution in [3.05, 3.63) is 145 Å². The van der Waals surface area contributed by atoms with Crippen LogP contribution in [0, 0.1) is 0 Å². The molecule has 9 aromatic rings. The number of carbonyl (C=O) groups is 1. The summed E-state index contributed by atoms with van der Waals surface area (Å²) in [5, 5.41) is 7.42. The van der Waals surface area contributed by atoms with Crippen LogP contribution in [0.2, 0.25) is 0 Å². The van der Waals surface area contributed by atoms with Gasteiger partial charge < -0.3 is 4.90 Å². The van der Waals surface area contributed by atoms with E-state index in [0.29, 0.717) is 11.3 Å². The van der Waals surface area contributed by atoms with Crippen LogP contribution < -0.4 is 4.90 Å². The average Bonchev–Trinajstić information content (AvgIpc) is 3.68. The predicted octanol–water partition coefficient (Wildman–Crippen LogP) is 10.9. The lowest BCUT2D eigenvalue weighted by Gasteiger charge is -2.23. The first-order chi connectivity index (χ1) is 22.7. The fraction of sp³-hybridized carbons (Fsp3) is 0.0244. The van der Waals surface area contributed by atoms with Crippen LogP contribution in [0.1, 0.15) is 10.4 Å². The van der Waals surface area contributed by atoms with E-state index in [9.17, 15) is 4.79 Å². The van der Waals surface area contributed by atoms with E-state index in [1.54, 1.807) is 0 Å². The molecule has 0 aliphatic rings. The number of fused-ring (bicyclic) bond motifs is 10. The van der Waals surface area contributed by atoms with Crippen molar-refractivity contribution in [3.63, 3.8) is 0 Å². The minimum Gasteiger partial charge on any atom is -0.344 e. The highest BCUT2D eigenvalue weighted by atomic mass is 32.1. The Morgan fingerprint density at radius 1 is 0.652 bits per heavy atom. The third-order valence-corrected chi connectivity index (χ3v) is 10.3. The number of aldehydes is 1. The van der Waals surface area contributed by atoms with Crippen LogP contribution in [0.4, 0.5) is 11.4 Å². The van der Waals surface area contributed by atoms with E-state index in [-0.39, 0.29) is 0 Å². The summed E-state index contributed by atoms with van der Waals surface area (Å²) in [5.74, 6) is 0.776. The minimum absolute atomic E-state index is 0.552. The van der Waals surface area contributed by atoms with E-state index in [4.69, 9.17) is 4.98 Å². The summed E-state index contributed by atoms with van der Waals surface area (Å²) < 4.78 is 4.80. The molecule has 3 aromatic heterocycles. The highest BCUT2D eigenvalue weighted by molar-refractivity contribution is 7.27. The Morgan fingerprint density at radius 2 is 1.30 bits per heavy atom. The van der Waals surface area contributed by atoms with Crippen molar-refractivity contribution in [1.29, 1.82) is 0 Å². The number of hydrogen-bond acceptors (Lipinski definition) is 4. The monoisotopic (exact) mass is 609 g/mol. The van der Waals surface area contributed by atoms with Crippen LogP contribution in [0.3, 0.4) is 0 Å². The molecule has 0 spiro atoms. The molecule has 0 amide bonds. The molecule has 6 aromatic carbocycles. The Morgan fingerprint density at radius 3 is 2.11 bits per heavy atom. The lowest BCUT2D eigenvalue weighted by atomic mass is 9.99. The summed E-state index contributed by atoms with van der Waals surface area (Å²) in [6.07, 6.45) is 0.912. The van der Waals surface area contributed by atoms with Gasteiger partial charge in [-0.15, -0.1) is 11.3 Å². The number of aromatic nitrogens is 2. The summed E-state index contributed by atoms with van der Waals surface area (Å²) in [6, 6.07) is 48.3. The van der Waals surface area contributed by atoms with Gasteiger partial charge in [0.25, 0.3) is 0 Å². The topological polar surface area (TPSA) is 38.1 Å². The lowest BCUT2D eigenvalue weighted by Crippen LogP contribution is -2.11. The van der Waals surface area contributed by atoms with Crippen molar-refractivity contribution in [3.8, 4) is 17.1 Å². The van der Waals surface area contributed by atoms with Gasteiger partial charge in [0.1, 0.15) is 5.82 Å². The van der Waals surface area contributed by atoms with Crippen molar-refractivity contribution < 1.29 is 4.79 Å². The average molecular weight is 610 g/mol. The predicted molar refractivity (Wildman–Crippen MR) is 194 cm³/mol. The molecule has 9 rings (SSSR count). The second kappa shape index (κ2) is 10.4. The smallest absolute Gasteiger partial charge is 0.152 e. The molecular formula is C41H27N3OS. The molecule has 218 valence electrons. The van der Waals surface area contributed by atoms with E-state index in [1.165, 1.54) is 41.7 Å². The Balaban J connectivity index is 1.39. The number of pyridine rings is 1. The molecule has 0 unspecified atom stereocenters. The Hall–Kier alpha value is -5.78. The van der Waals surface area contributed by atoms with Gasteiger partial charge in [0, 0.05) is 50.1 Å². The van der Waals surface area contributed by atoms with Crippen LogP contribution in [0.15, 0.2) is 140 Å². The summed E-state index contributed by atoms with van der Waals surface area (Å²) in [7, 11) is 2.05. The third kappa shape index (κ3) is 3.85. The van der Waals surface area contributed by atoms with Gasteiger partial charge in [-0.25, -0.2) is 4.98 Å². The Bertz CT molecular complexity index is 2630. The second-order valence-corrected chi connectivity index (χ2v) is 12.6. The first-order valence-corrected chi connectivity index (χ1v) is 16.1. The molecule has 0 N–H and O–H groups in total. The van der Waals surface area contributed by atoms with Crippen LogP contribution >= 0.6 is 11.3 Å². The van der Waals surface area contributed by atoms with Crippen molar-refractivity contribution in [2.24, 2.45) is 0 Å². The number of hydrogen-bond donors (Lipinski definition) is 0. The highest BCUT2D eigenvalue weighted by Crippen LogP contribution is 2.47. The van der Waals surface area contributed by atoms with Crippen molar-refractivity contribution in [2.45, 2.75) is 0 Å². The molecule has 0 saturated heterocycles. The molecule has 46 heavy (non-hydrogen) atoms. The van der Waals surface area contributed by atoms with Gasteiger partial charge in [0.15, 0.2) is 6.29 Å². The number of anilines is 2. The minimum atomic E-state index is 0.552. The van der Waals surface area contributed by atoms with Crippen LogP contribution in [-0.2, 0) is 0 Å². The quantitative estimate of drug-likeness (QED) is 0.182. The van der Waals surface area contributed by atoms with Crippen molar-refractivity contribution >= 4 is 81.7 Å². The Kier molecular flexibility index (Phi) is 6.02. The number of benzene rings is 6. The summed E-state index contributed by atoms with van der Waals surface area (Å²) in [6.45, 7) is 0. The van der Waals surface area contributed by atoms with Crippen molar-refractivity contribution in [1.82, 2.24) is 9.55 Å². The number of thiophene rings is 1. The molecule has 0 atom stereocenters. The van der Waals surface area contributed by atoms with Crippen molar-refractivity contribution in [2.75, 3.05) is 11.9 Å². The van der Waals surface area contributed by atoms with Gasteiger partial charge >= 0.3 is 0 Å². The maximum Gasteiger partial charge on any atom is 0.152 e. The summed E-state index contributed by atoms with van der Waals surface area (Å²) >= 11 is 1.83. The van der Waals surface area contributed by atoms with E-state index >= 15 is 0 Å². The summed E-state index contributed by atoms with van der Waals surface area (Å²) in [5.41, 5.74) is 6.36.